The summed E-state index contributed by atoms with van der Waals surface area (Å²) in [5.41, 5.74) is 0. The fourth-order valence-corrected chi connectivity index (χ4v) is 2.43. The summed E-state index contributed by atoms with van der Waals surface area (Å²) in [5.74, 6) is -2.14. The number of carboxylic acid groups (broad SMARTS) is 1. The lowest BCUT2D eigenvalue weighted by Crippen LogP contribution is -2.34. The van der Waals surface area contributed by atoms with Gasteiger partial charge in [-0.05, 0) is 6.42 Å². The maximum absolute atomic E-state index is 11.4. The van der Waals surface area contributed by atoms with Gasteiger partial charge in [-0.2, -0.15) is 0 Å². The zero-order valence-electron chi connectivity index (χ0n) is 9.47. The molecule has 6 nitrogen and oxygen atoms in total. The molecule has 0 aromatic rings. The van der Waals surface area contributed by atoms with Gasteiger partial charge in [0.25, 0.3) is 0 Å². The van der Waals surface area contributed by atoms with Gasteiger partial charge in [-0.15, -0.1) is 0 Å². The van der Waals surface area contributed by atoms with Crippen molar-refractivity contribution in [1.82, 2.24) is 4.90 Å². The van der Waals surface area contributed by atoms with E-state index in [4.69, 9.17) is 5.11 Å². The maximum Gasteiger partial charge on any atom is 0.305 e. The number of hydrogen-bond acceptors (Lipinski definition) is 4. The van der Waals surface area contributed by atoms with Crippen molar-refractivity contribution < 1.29 is 23.1 Å². The van der Waals surface area contributed by atoms with Crippen LogP contribution in [0, 0.1) is 0 Å². The Kier molecular flexibility index (Phi) is 6.02. The van der Waals surface area contributed by atoms with Gasteiger partial charge in [0, 0.05) is 13.6 Å². The number of sulfone groups is 1. The van der Waals surface area contributed by atoms with Crippen LogP contribution in [0.25, 0.3) is 0 Å². The summed E-state index contributed by atoms with van der Waals surface area (Å²) in [6, 6.07) is 0. The zero-order valence-corrected chi connectivity index (χ0v) is 10.3. The van der Waals surface area contributed by atoms with Gasteiger partial charge in [-0.3, -0.25) is 9.59 Å². The zero-order chi connectivity index (χ0) is 12.8. The summed E-state index contributed by atoms with van der Waals surface area (Å²) >= 11 is 0. The molecule has 0 fully saturated rings. The predicted octanol–water partition coefficient (Wildman–Crippen LogP) is -0.256. The third-order valence-electron chi connectivity index (χ3n) is 1.95. The summed E-state index contributed by atoms with van der Waals surface area (Å²) in [7, 11) is -1.96. The summed E-state index contributed by atoms with van der Waals surface area (Å²) in [6.07, 6.45) is 0.282. The van der Waals surface area contributed by atoms with Crippen LogP contribution in [-0.4, -0.2) is 55.4 Å². The van der Waals surface area contributed by atoms with Crippen LogP contribution in [0.2, 0.25) is 0 Å². The van der Waals surface area contributed by atoms with Crippen molar-refractivity contribution in [2.45, 2.75) is 19.8 Å². The van der Waals surface area contributed by atoms with Crippen LogP contribution in [0.1, 0.15) is 19.8 Å². The molecule has 7 heteroatoms. The van der Waals surface area contributed by atoms with Crippen molar-refractivity contribution in [3.63, 3.8) is 0 Å². The molecule has 0 spiro atoms. The van der Waals surface area contributed by atoms with Crippen molar-refractivity contribution in [2.75, 3.05) is 25.1 Å². The Morgan fingerprint density at radius 1 is 1.31 bits per heavy atom. The lowest BCUT2D eigenvalue weighted by atomic mass is 10.4. The quantitative estimate of drug-likeness (QED) is 0.673. The Morgan fingerprint density at radius 3 is 2.31 bits per heavy atom. The molecule has 0 heterocycles. The first-order valence-electron chi connectivity index (χ1n) is 4.94. The first kappa shape index (κ1) is 14.9. The van der Waals surface area contributed by atoms with Gasteiger partial charge in [-0.1, -0.05) is 6.92 Å². The molecular weight excluding hydrogens is 234 g/mol. The maximum atomic E-state index is 11.4. The van der Waals surface area contributed by atoms with E-state index in [9.17, 15) is 18.0 Å². The van der Waals surface area contributed by atoms with E-state index in [1.807, 2.05) is 0 Å². The number of nitrogens with zero attached hydrogens (tertiary/aromatic N) is 1. The van der Waals surface area contributed by atoms with Crippen LogP contribution in [-0.2, 0) is 19.4 Å². The monoisotopic (exact) mass is 251 g/mol. The van der Waals surface area contributed by atoms with Gasteiger partial charge < -0.3 is 10.0 Å². The molecule has 0 saturated carbocycles. The lowest BCUT2D eigenvalue weighted by Gasteiger charge is -2.15. The summed E-state index contributed by atoms with van der Waals surface area (Å²) in [4.78, 5) is 22.8. The standard InChI is InChI=1S/C9H17NO5S/c1-3-6-16(14,15)7-8(11)10(2)5-4-9(12)13/h3-7H2,1-2H3,(H,12,13). The molecule has 0 radical (unpaired) electrons. The number of carbonyl (C=O) groups excluding carboxylic acids is 1. The number of carboxylic acids is 1. The molecule has 0 atom stereocenters. The third kappa shape index (κ3) is 6.39. The summed E-state index contributed by atoms with van der Waals surface area (Å²) in [5, 5.41) is 8.40. The molecule has 0 aliphatic rings. The number of aliphatic carboxylic acids is 1. The minimum atomic E-state index is -3.35. The second-order valence-electron chi connectivity index (χ2n) is 3.55. The van der Waals surface area contributed by atoms with E-state index in [1.54, 1.807) is 6.92 Å². The van der Waals surface area contributed by atoms with Crippen molar-refractivity contribution in [3.8, 4) is 0 Å². The average molecular weight is 251 g/mol. The highest BCUT2D eigenvalue weighted by Crippen LogP contribution is 1.97. The molecule has 1 amide bonds. The van der Waals surface area contributed by atoms with Gasteiger partial charge >= 0.3 is 5.97 Å². The van der Waals surface area contributed by atoms with E-state index in [-0.39, 0.29) is 18.7 Å². The Hall–Kier alpha value is -1.11. The van der Waals surface area contributed by atoms with Crippen LogP contribution in [0.5, 0.6) is 0 Å². The Bertz CT molecular complexity index is 349. The van der Waals surface area contributed by atoms with Gasteiger partial charge in [0.05, 0.1) is 12.2 Å². The summed E-state index contributed by atoms with van der Waals surface area (Å²) < 4.78 is 22.6. The lowest BCUT2D eigenvalue weighted by molar-refractivity contribution is -0.137. The molecule has 0 aliphatic carbocycles. The molecule has 0 aromatic heterocycles. The van der Waals surface area contributed by atoms with E-state index in [0.29, 0.717) is 6.42 Å². The normalized spacial score (nSPS) is 11.1. The van der Waals surface area contributed by atoms with Gasteiger partial charge in [0.1, 0.15) is 5.75 Å². The van der Waals surface area contributed by atoms with Crippen LogP contribution >= 0.6 is 0 Å². The molecule has 94 valence electrons. The number of carbonyl (C=O) groups is 2. The predicted molar refractivity (Wildman–Crippen MR) is 58.8 cm³/mol. The van der Waals surface area contributed by atoms with E-state index in [1.165, 1.54) is 7.05 Å². The van der Waals surface area contributed by atoms with E-state index in [0.717, 1.165) is 4.90 Å². The topological polar surface area (TPSA) is 91.8 Å². The third-order valence-corrected chi connectivity index (χ3v) is 3.66. The molecule has 0 bridgehead atoms. The van der Waals surface area contributed by atoms with Crippen molar-refractivity contribution in [2.24, 2.45) is 0 Å². The molecule has 0 aromatic carbocycles. The first-order valence-corrected chi connectivity index (χ1v) is 6.77. The van der Waals surface area contributed by atoms with Gasteiger partial charge in [-0.25, -0.2) is 8.42 Å². The largest absolute Gasteiger partial charge is 0.481 e. The minimum Gasteiger partial charge on any atom is -0.481 e. The van der Waals surface area contributed by atoms with Crippen molar-refractivity contribution in [1.29, 1.82) is 0 Å². The van der Waals surface area contributed by atoms with Crippen molar-refractivity contribution >= 4 is 21.7 Å². The average Bonchev–Trinajstić information content (AvgIpc) is 2.12. The molecule has 16 heavy (non-hydrogen) atoms. The van der Waals surface area contributed by atoms with Crippen molar-refractivity contribution in [3.05, 3.63) is 0 Å². The molecule has 1 N–H and O–H groups in total. The molecular formula is C9H17NO5S. The first-order chi connectivity index (χ1) is 7.28. The molecule has 0 saturated heterocycles. The second-order valence-corrected chi connectivity index (χ2v) is 5.74. The van der Waals surface area contributed by atoms with Gasteiger partial charge in [0.15, 0.2) is 9.84 Å². The number of hydrogen-bond donors (Lipinski definition) is 1. The van der Waals surface area contributed by atoms with Crippen LogP contribution < -0.4 is 0 Å². The van der Waals surface area contributed by atoms with Crippen LogP contribution in [0.3, 0.4) is 0 Å². The molecule has 0 unspecified atom stereocenters. The highest BCUT2D eigenvalue weighted by atomic mass is 32.2. The molecule has 0 aliphatic heterocycles. The fraction of sp³-hybridized carbons (Fsp3) is 0.778. The highest BCUT2D eigenvalue weighted by Gasteiger charge is 2.18. The van der Waals surface area contributed by atoms with E-state index < -0.39 is 27.5 Å². The number of rotatable bonds is 7. The SMILES string of the molecule is CCCS(=O)(=O)CC(=O)N(C)CCC(=O)O. The van der Waals surface area contributed by atoms with Crippen LogP contribution in [0.4, 0.5) is 0 Å². The number of amides is 1. The second kappa shape index (κ2) is 6.47. The van der Waals surface area contributed by atoms with E-state index >= 15 is 0 Å². The smallest absolute Gasteiger partial charge is 0.305 e. The Labute approximate surface area is 95.2 Å². The Morgan fingerprint density at radius 2 is 1.88 bits per heavy atom. The highest BCUT2D eigenvalue weighted by molar-refractivity contribution is 7.92. The van der Waals surface area contributed by atoms with Crippen LogP contribution in [0.15, 0.2) is 0 Å². The Balaban J connectivity index is 4.20. The summed E-state index contributed by atoms with van der Waals surface area (Å²) in [6.45, 7) is 1.74. The van der Waals surface area contributed by atoms with Gasteiger partial charge in [0.2, 0.25) is 5.91 Å². The fourth-order valence-electron chi connectivity index (χ4n) is 1.07. The van der Waals surface area contributed by atoms with E-state index in [2.05, 4.69) is 0 Å². The molecule has 0 rings (SSSR count). The minimum absolute atomic E-state index is 0.0223.